The van der Waals surface area contributed by atoms with Crippen LogP contribution in [-0.4, -0.2) is 131 Å². The Morgan fingerprint density at radius 3 is 1.24 bits per heavy atom. The van der Waals surface area contributed by atoms with Gasteiger partial charge in [-0.05, 0) is 118 Å². The summed E-state index contributed by atoms with van der Waals surface area (Å²) in [6.07, 6.45) is 6.16. The lowest BCUT2D eigenvalue weighted by atomic mass is 10.2. The van der Waals surface area contributed by atoms with E-state index in [4.69, 9.17) is 22.9 Å². The lowest BCUT2D eigenvalue weighted by Crippen LogP contribution is -2.43. The number of carbonyl (C=O) groups excluding carboxylic acids is 1. The highest BCUT2D eigenvalue weighted by molar-refractivity contribution is 5.77. The lowest BCUT2D eigenvalue weighted by Gasteiger charge is -2.28. The molecule has 0 aliphatic heterocycles. The molecular weight excluding hydrogens is 418 g/mol. The average Bonchev–Trinajstić information content (AvgIpc) is 2.79. The fraction of sp³-hybridized carbons (Fsp3) is 0.957. The summed E-state index contributed by atoms with van der Waals surface area (Å²) in [7, 11) is 3.82. The third-order valence-electron chi connectivity index (χ3n) is 5.57. The summed E-state index contributed by atoms with van der Waals surface area (Å²) >= 11 is 0. The van der Waals surface area contributed by atoms with Crippen LogP contribution in [0.5, 0.6) is 0 Å². The van der Waals surface area contributed by atoms with Crippen LogP contribution in [-0.2, 0) is 4.79 Å². The minimum atomic E-state index is 0.0602. The average molecular weight is 474 g/mol. The summed E-state index contributed by atoms with van der Waals surface area (Å²) < 4.78 is 0. The van der Waals surface area contributed by atoms with Crippen molar-refractivity contribution in [2.75, 3.05) is 106 Å². The first-order valence-corrected chi connectivity index (χ1v) is 12.9. The predicted molar refractivity (Wildman–Crippen MR) is 140 cm³/mol. The largest absolute Gasteiger partial charge is 0.342 e. The molecule has 198 valence electrons. The predicted octanol–water partition coefficient (Wildman–Crippen LogP) is -1.30. The van der Waals surface area contributed by atoms with Crippen molar-refractivity contribution in [3.05, 3.63) is 0 Å². The van der Waals surface area contributed by atoms with E-state index in [1.165, 1.54) is 0 Å². The molecule has 0 aliphatic rings. The molecule has 0 atom stereocenters. The Labute approximate surface area is 203 Å². The van der Waals surface area contributed by atoms with Crippen molar-refractivity contribution in [1.82, 2.24) is 24.9 Å². The smallest absolute Gasteiger partial charge is 0.235 e. The molecule has 0 bridgehead atoms. The summed E-state index contributed by atoms with van der Waals surface area (Å²) in [5.41, 5.74) is 22.8. The maximum Gasteiger partial charge on any atom is 0.235 e. The van der Waals surface area contributed by atoms with E-state index in [9.17, 15) is 4.79 Å². The molecule has 0 saturated heterocycles. The number of nitrogens with two attached hydrogens (primary N) is 4. The van der Waals surface area contributed by atoms with E-state index in [1.807, 2.05) is 19.0 Å². The molecule has 0 fully saturated rings. The molecule has 0 aliphatic carbocycles. The first-order chi connectivity index (χ1) is 16.0. The van der Waals surface area contributed by atoms with Crippen molar-refractivity contribution in [2.24, 2.45) is 22.9 Å². The third-order valence-corrected chi connectivity index (χ3v) is 5.57. The molecule has 0 saturated carbocycles. The summed E-state index contributed by atoms with van der Waals surface area (Å²) in [5, 5.41) is 3.08. The van der Waals surface area contributed by atoms with E-state index < -0.39 is 0 Å². The van der Waals surface area contributed by atoms with Gasteiger partial charge in [0.15, 0.2) is 0 Å². The Hall–Kier alpha value is -0.850. The van der Waals surface area contributed by atoms with Crippen molar-refractivity contribution >= 4 is 5.91 Å². The molecule has 9 N–H and O–H groups in total. The van der Waals surface area contributed by atoms with Crippen LogP contribution in [0.2, 0.25) is 0 Å². The highest BCUT2D eigenvalue weighted by atomic mass is 16.2. The topological polar surface area (TPSA) is 146 Å². The number of carbonyl (C=O) groups is 1. The standard InChI is InChI=1S/C23H55N9O/c1-29(2)21-23(33)28-22-32(19-7-17-30(13-3-9-24)14-4-10-25)20-8-18-31(15-5-11-26)16-6-12-27/h3-22,24-27H2,1-2H3,(H,28,33). The second kappa shape index (κ2) is 22.9. The van der Waals surface area contributed by atoms with Crippen molar-refractivity contribution in [2.45, 2.75) is 38.5 Å². The van der Waals surface area contributed by atoms with Crippen LogP contribution < -0.4 is 28.3 Å². The Morgan fingerprint density at radius 2 is 0.909 bits per heavy atom. The molecule has 0 aromatic carbocycles. The van der Waals surface area contributed by atoms with Gasteiger partial charge >= 0.3 is 0 Å². The van der Waals surface area contributed by atoms with Crippen LogP contribution in [0.4, 0.5) is 0 Å². The van der Waals surface area contributed by atoms with Gasteiger partial charge in [0.2, 0.25) is 5.91 Å². The maximum absolute atomic E-state index is 12.2. The van der Waals surface area contributed by atoms with Gasteiger partial charge in [0.1, 0.15) is 0 Å². The van der Waals surface area contributed by atoms with E-state index in [1.54, 1.807) is 0 Å². The first-order valence-electron chi connectivity index (χ1n) is 12.9. The second-order valence-corrected chi connectivity index (χ2v) is 9.07. The maximum atomic E-state index is 12.2. The molecule has 33 heavy (non-hydrogen) atoms. The Bertz CT molecular complexity index is 398. The van der Waals surface area contributed by atoms with Crippen molar-refractivity contribution in [3.63, 3.8) is 0 Å². The molecule has 0 rings (SSSR count). The molecule has 1 amide bonds. The van der Waals surface area contributed by atoms with Crippen LogP contribution in [0.25, 0.3) is 0 Å². The monoisotopic (exact) mass is 473 g/mol. The van der Waals surface area contributed by atoms with Crippen molar-refractivity contribution in [1.29, 1.82) is 0 Å². The van der Waals surface area contributed by atoms with E-state index in [2.05, 4.69) is 20.0 Å². The molecule has 10 heteroatoms. The zero-order valence-electron chi connectivity index (χ0n) is 21.6. The van der Waals surface area contributed by atoms with Crippen LogP contribution in [0, 0.1) is 0 Å². The van der Waals surface area contributed by atoms with E-state index in [0.29, 0.717) is 39.4 Å². The Morgan fingerprint density at radius 1 is 0.576 bits per heavy atom. The van der Waals surface area contributed by atoms with Crippen molar-refractivity contribution in [3.8, 4) is 0 Å². The molecule has 0 aromatic rings. The molecular formula is C23H55N9O. The fourth-order valence-corrected chi connectivity index (χ4v) is 3.78. The van der Waals surface area contributed by atoms with Gasteiger partial charge in [-0.15, -0.1) is 0 Å². The third kappa shape index (κ3) is 20.3. The number of hydrogen-bond donors (Lipinski definition) is 5. The van der Waals surface area contributed by atoms with Gasteiger partial charge < -0.3 is 43.0 Å². The number of hydrogen-bond acceptors (Lipinski definition) is 9. The highest BCUT2D eigenvalue weighted by Gasteiger charge is 2.11. The lowest BCUT2D eigenvalue weighted by molar-refractivity contribution is -0.122. The number of amides is 1. The van der Waals surface area contributed by atoms with Crippen molar-refractivity contribution < 1.29 is 4.79 Å². The van der Waals surface area contributed by atoms with Crippen LogP contribution in [0.1, 0.15) is 38.5 Å². The van der Waals surface area contributed by atoms with Gasteiger partial charge in [-0.1, -0.05) is 0 Å². The van der Waals surface area contributed by atoms with E-state index >= 15 is 0 Å². The zero-order valence-corrected chi connectivity index (χ0v) is 21.6. The van der Waals surface area contributed by atoms with Gasteiger partial charge in [-0.3, -0.25) is 9.69 Å². The molecule has 0 unspecified atom stereocenters. The molecule has 0 aromatic heterocycles. The number of nitrogens with zero attached hydrogens (tertiary/aromatic N) is 4. The molecule has 0 spiro atoms. The molecule has 0 radical (unpaired) electrons. The Balaban J connectivity index is 4.68. The van der Waals surface area contributed by atoms with Gasteiger partial charge in [0.25, 0.3) is 0 Å². The summed E-state index contributed by atoms with van der Waals surface area (Å²) in [6.45, 7) is 11.9. The highest BCUT2D eigenvalue weighted by Crippen LogP contribution is 2.02. The minimum Gasteiger partial charge on any atom is -0.342 e. The van der Waals surface area contributed by atoms with Crippen LogP contribution in [0.15, 0.2) is 0 Å². The zero-order chi connectivity index (χ0) is 24.7. The number of rotatable bonds is 24. The Kier molecular flexibility index (Phi) is 22.3. The summed E-state index contributed by atoms with van der Waals surface area (Å²) in [6, 6.07) is 0. The summed E-state index contributed by atoms with van der Waals surface area (Å²) in [4.78, 5) is 21.3. The fourth-order valence-electron chi connectivity index (χ4n) is 3.78. The SMILES string of the molecule is CN(C)CC(=O)NCN(CCCN(CCCN)CCCN)CCCN(CCCN)CCCN. The second-order valence-electron chi connectivity index (χ2n) is 9.07. The molecule has 0 heterocycles. The van der Waals surface area contributed by atoms with Crippen LogP contribution in [0.3, 0.4) is 0 Å². The van der Waals surface area contributed by atoms with Gasteiger partial charge in [0, 0.05) is 13.1 Å². The van der Waals surface area contributed by atoms with Gasteiger partial charge in [-0.2, -0.15) is 0 Å². The number of likely N-dealkylation sites (N-methyl/N-ethyl adjacent to an activating group) is 1. The normalized spacial score (nSPS) is 11.9. The first kappa shape index (κ1) is 32.1. The van der Waals surface area contributed by atoms with Gasteiger partial charge in [0.05, 0.1) is 13.2 Å². The quantitative estimate of drug-likeness (QED) is 0.108. The summed E-state index contributed by atoms with van der Waals surface area (Å²) in [5.74, 6) is 0.0602. The number of nitrogens with one attached hydrogen (secondary N) is 1. The van der Waals surface area contributed by atoms with E-state index in [-0.39, 0.29) is 5.91 Å². The van der Waals surface area contributed by atoms with E-state index in [0.717, 1.165) is 90.9 Å². The van der Waals surface area contributed by atoms with Gasteiger partial charge in [-0.25, -0.2) is 0 Å². The van der Waals surface area contributed by atoms with Crippen LogP contribution >= 0.6 is 0 Å². The molecule has 10 nitrogen and oxygen atoms in total. The minimum absolute atomic E-state index is 0.0602.